The van der Waals surface area contributed by atoms with Gasteiger partial charge in [-0.1, -0.05) is 25.2 Å². The summed E-state index contributed by atoms with van der Waals surface area (Å²) in [5.74, 6) is 0.394. The fourth-order valence-electron chi connectivity index (χ4n) is 2.07. The van der Waals surface area contributed by atoms with Crippen LogP contribution in [-0.4, -0.2) is 12.8 Å². The highest BCUT2D eigenvalue weighted by atomic mass is 16.4. The van der Waals surface area contributed by atoms with E-state index in [9.17, 15) is 9.59 Å². The number of hydrogen-bond acceptors (Lipinski definition) is 4. The van der Waals surface area contributed by atoms with E-state index in [1.54, 1.807) is 20.0 Å². The van der Waals surface area contributed by atoms with E-state index in [1.807, 2.05) is 18.2 Å². The Hall–Kier alpha value is -2.10. The molecule has 1 heterocycles. The van der Waals surface area contributed by atoms with Gasteiger partial charge in [0.25, 0.3) is 0 Å². The Kier molecular flexibility index (Phi) is 4.00. The predicted molar refractivity (Wildman–Crippen MR) is 75.5 cm³/mol. The topological polar surface area (TPSA) is 59.3 Å². The SMILES string of the molecule is CCC(=O)c1cc(NC)c(=O)oc1C1=CC=CCC1. The molecule has 0 fully saturated rings. The van der Waals surface area contributed by atoms with Gasteiger partial charge in [0, 0.05) is 13.5 Å². The number of rotatable bonds is 4. The molecule has 2 rings (SSSR count). The molecule has 1 N–H and O–H groups in total. The largest absolute Gasteiger partial charge is 0.421 e. The summed E-state index contributed by atoms with van der Waals surface area (Å²) < 4.78 is 5.35. The molecule has 0 spiro atoms. The molecule has 0 atom stereocenters. The number of Topliss-reactive ketones (excluding diaryl/α,β-unsaturated/α-hetero) is 1. The van der Waals surface area contributed by atoms with Crippen molar-refractivity contribution in [2.75, 3.05) is 12.4 Å². The zero-order chi connectivity index (χ0) is 13.8. The van der Waals surface area contributed by atoms with Crippen LogP contribution in [0.4, 0.5) is 5.69 Å². The van der Waals surface area contributed by atoms with Crippen LogP contribution in [0.25, 0.3) is 5.57 Å². The van der Waals surface area contributed by atoms with Gasteiger partial charge in [0.1, 0.15) is 11.4 Å². The van der Waals surface area contributed by atoms with Crippen molar-refractivity contribution in [2.24, 2.45) is 0 Å². The lowest BCUT2D eigenvalue weighted by Gasteiger charge is -2.12. The first kappa shape index (κ1) is 13.3. The maximum absolute atomic E-state index is 12.0. The Morgan fingerprint density at radius 1 is 1.47 bits per heavy atom. The van der Waals surface area contributed by atoms with Crippen LogP contribution in [-0.2, 0) is 0 Å². The smallest absolute Gasteiger partial charge is 0.359 e. The van der Waals surface area contributed by atoms with Crippen molar-refractivity contribution in [1.82, 2.24) is 0 Å². The van der Waals surface area contributed by atoms with E-state index in [2.05, 4.69) is 5.32 Å². The number of ketones is 1. The monoisotopic (exact) mass is 259 g/mol. The summed E-state index contributed by atoms with van der Waals surface area (Å²) in [5, 5.41) is 2.75. The number of carbonyl (C=O) groups excluding carboxylic acids is 1. The van der Waals surface area contributed by atoms with Crippen molar-refractivity contribution in [3.8, 4) is 0 Å². The van der Waals surface area contributed by atoms with Crippen LogP contribution in [0.3, 0.4) is 0 Å². The molecule has 1 aromatic heterocycles. The third-order valence-electron chi connectivity index (χ3n) is 3.14. The van der Waals surface area contributed by atoms with Gasteiger partial charge in [-0.2, -0.15) is 0 Å². The van der Waals surface area contributed by atoms with Crippen LogP contribution in [0.2, 0.25) is 0 Å². The van der Waals surface area contributed by atoms with Gasteiger partial charge in [0.05, 0.1) is 5.56 Å². The van der Waals surface area contributed by atoms with E-state index in [4.69, 9.17) is 4.42 Å². The molecular weight excluding hydrogens is 242 g/mol. The van der Waals surface area contributed by atoms with Gasteiger partial charge in [-0.25, -0.2) is 4.79 Å². The summed E-state index contributed by atoms with van der Waals surface area (Å²) in [6.07, 6.45) is 7.92. The molecule has 0 aliphatic heterocycles. The van der Waals surface area contributed by atoms with E-state index in [-0.39, 0.29) is 5.78 Å². The van der Waals surface area contributed by atoms with Crippen LogP contribution in [0.5, 0.6) is 0 Å². The Balaban J connectivity index is 2.61. The first-order chi connectivity index (χ1) is 9.17. The molecule has 1 aliphatic carbocycles. The second kappa shape index (κ2) is 5.69. The second-order valence-corrected chi connectivity index (χ2v) is 4.38. The Bertz CT molecular complexity index is 608. The lowest BCUT2D eigenvalue weighted by Crippen LogP contribution is -2.13. The van der Waals surface area contributed by atoms with Crippen molar-refractivity contribution in [2.45, 2.75) is 26.2 Å². The highest BCUT2D eigenvalue weighted by Crippen LogP contribution is 2.27. The standard InChI is InChI=1S/C15H17NO3/c1-3-13(17)11-9-12(16-2)15(18)19-14(11)10-7-5-4-6-8-10/h4-5,7,9,16H,3,6,8H2,1-2H3. The molecule has 0 saturated heterocycles. The van der Waals surface area contributed by atoms with Gasteiger partial charge in [0.15, 0.2) is 5.78 Å². The molecule has 1 aromatic rings. The number of allylic oxidation sites excluding steroid dienone is 4. The summed E-state index contributed by atoms with van der Waals surface area (Å²) in [4.78, 5) is 23.8. The Labute approximate surface area is 111 Å². The van der Waals surface area contributed by atoms with Gasteiger partial charge >= 0.3 is 5.63 Å². The lowest BCUT2D eigenvalue weighted by molar-refractivity contribution is 0.0985. The van der Waals surface area contributed by atoms with Gasteiger partial charge < -0.3 is 9.73 Å². The van der Waals surface area contributed by atoms with Crippen LogP contribution < -0.4 is 10.9 Å². The highest BCUT2D eigenvalue weighted by molar-refractivity contribution is 6.00. The fourth-order valence-corrected chi connectivity index (χ4v) is 2.07. The summed E-state index contributed by atoms with van der Waals surface area (Å²) >= 11 is 0. The molecule has 4 nitrogen and oxygen atoms in total. The number of nitrogens with one attached hydrogen (secondary N) is 1. The van der Waals surface area contributed by atoms with E-state index >= 15 is 0 Å². The summed E-state index contributed by atoms with van der Waals surface area (Å²) in [5.41, 5.74) is 1.25. The molecule has 0 amide bonds. The second-order valence-electron chi connectivity index (χ2n) is 4.38. The zero-order valence-electron chi connectivity index (χ0n) is 11.2. The van der Waals surface area contributed by atoms with Crippen molar-refractivity contribution >= 4 is 17.0 Å². The minimum absolute atomic E-state index is 0.0225. The molecule has 0 unspecified atom stereocenters. The molecule has 0 saturated carbocycles. The quantitative estimate of drug-likeness (QED) is 0.844. The average Bonchev–Trinajstić information content (AvgIpc) is 2.47. The van der Waals surface area contributed by atoms with E-state index < -0.39 is 5.63 Å². The number of anilines is 1. The average molecular weight is 259 g/mol. The lowest BCUT2D eigenvalue weighted by atomic mass is 9.96. The third-order valence-corrected chi connectivity index (χ3v) is 3.14. The molecule has 100 valence electrons. The van der Waals surface area contributed by atoms with Crippen LogP contribution in [0.1, 0.15) is 42.3 Å². The molecule has 1 aliphatic rings. The molecular formula is C15H17NO3. The van der Waals surface area contributed by atoms with Crippen LogP contribution in [0, 0.1) is 0 Å². The first-order valence-corrected chi connectivity index (χ1v) is 6.42. The first-order valence-electron chi connectivity index (χ1n) is 6.42. The minimum Gasteiger partial charge on any atom is -0.421 e. The van der Waals surface area contributed by atoms with E-state index in [1.165, 1.54) is 0 Å². The highest BCUT2D eigenvalue weighted by Gasteiger charge is 2.19. The van der Waals surface area contributed by atoms with Gasteiger partial charge in [-0.05, 0) is 24.5 Å². The zero-order valence-corrected chi connectivity index (χ0v) is 11.2. The Morgan fingerprint density at radius 3 is 2.84 bits per heavy atom. The maximum atomic E-state index is 12.0. The third kappa shape index (κ3) is 2.67. The fraction of sp³-hybridized carbons (Fsp3) is 0.333. The van der Waals surface area contributed by atoms with Gasteiger partial charge in [-0.3, -0.25) is 4.79 Å². The van der Waals surface area contributed by atoms with Crippen molar-refractivity contribution < 1.29 is 9.21 Å². The van der Waals surface area contributed by atoms with Gasteiger partial charge in [0.2, 0.25) is 0 Å². The van der Waals surface area contributed by atoms with Crippen molar-refractivity contribution in [3.63, 3.8) is 0 Å². The summed E-state index contributed by atoms with van der Waals surface area (Å²) in [7, 11) is 1.63. The molecule has 4 heteroatoms. The Morgan fingerprint density at radius 2 is 2.26 bits per heavy atom. The molecule has 0 bridgehead atoms. The normalized spacial score (nSPS) is 14.1. The van der Waals surface area contributed by atoms with Crippen molar-refractivity contribution in [3.05, 3.63) is 46.0 Å². The van der Waals surface area contributed by atoms with Crippen LogP contribution >= 0.6 is 0 Å². The van der Waals surface area contributed by atoms with E-state index in [0.29, 0.717) is 23.4 Å². The van der Waals surface area contributed by atoms with Crippen molar-refractivity contribution in [1.29, 1.82) is 0 Å². The molecule has 0 aromatic carbocycles. The molecule has 19 heavy (non-hydrogen) atoms. The maximum Gasteiger partial charge on any atom is 0.359 e. The van der Waals surface area contributed by atoms with E-state index in [0.717, 1.165) is 18.4 Å². The summed E-state index contributed by atoms with van der Waals surface area (Å²) in [6, 6.07) is 1.59. The van der Waals surface area contributed by atoms with Gasteiger partial charge in [-0.15, -0.1) is 0 Å². The van der Waals surface area contributed by atoms with Crippen LogP contribution in [0.15, 0.2) is 33.5 Å². The number of hydrogen-bond donors (Lipinski definition) is 1. The minimum atomic E-state index is -0.444. The molecule has 0 radical (unpaired) electrons. The predicted octanol–water partition coefficient (Wildman–Crippen LogP) is 3.01. The summed E-state index contributed by atoms with van der Waals surface area (Å²) in [6.45, 7) is 1.80. The number of carbonyl (C=O) groups is 1.